The van der Waals surface area contributed by atoms with Gasteiger partial charge >= 0.3 is 0 Å². The second-order valence-electron chi connectivity index (χ2n) is 7.48. The van der Waals surface area contributed by atoms with Crippen LogP contribution in [0.5, 0.6) is 0 Å². The summed E-state index contributed by atoms with van der Waals surface area (Å²) in [4.78, 5) is 12.6. The highest BCUT2D eigenvalue weighted by Gasteiger charge is 2.57. The minimum atomic E-state index is 0.108. The minimum Gasteiger partial charge on any atom is -0.299 e. The van der Waals surface area contributed by atoms with Crippen molar-refractivity contribution >= 4 is 17.4 Å². The molecule has 0 N–H and O–H groups in total. The Labute approximate surface area is 140 Å². The lowest BCUT2D eigenvalue weighted by Gasteiger charge is -2.57. The monoisotopic (exact) mass is 329 g/mol. The number of Topliss-reactive ketones (excluding diaryl/α,β-unsaturated/α-hetero) is 1. The Kier molecular flexibility index (Phi) is 3.34. The van der Waals surface area contributed by atoms with Crippen LogP contribution in [0.2, 0.25) is 5.02 Å². The molecule has 4 nitrogen and oxygen atoms in total. The average Bonchev–Trinajstić information content (AvgIpc) is 2.97. The largest absolute Gasteiger partial charge is 0.299 e. The average molecular weight is 330 g/mol. The quantitative estimate of drug-likeness (QED) is 0.862. The number of halogens is 1. The first-order valence-corrected chi connectivity index (χ1v) is 8.54. The molecule has 1 heterocycles. The lowest BCUT2D eigenvalue weighted by molar-refractivity contribution is -0.156. The molecular formula is C18H20ClN3O. The Morgan fingerprint density at radius 1 is 1.35 bits per heavy atom. The van der Waals surface area contributed by atoms with Gasteiger partial charge in [0.25, 0.3) is 0 Å². The van der Waals surface area contributed by atoms with Crippen molar-refractivity contribution < 1.29 is 4.79 Å². The van der Waals surface area contributed by atoms with Gasteiger partial charge in [0.05, 0.1) is 17.6 Å². The second kappa shape index (κ2) is 5.17. The van der Waals surface area contributed by atoms with Gasteiger partial charge in [-0.15, -0.1) is 5.10 Å². The standard InChI is InChI=1S/C18H20ClN3O/c1-18(2)12-6-11(17(23)16(18)8-12)7-14-10-22(21-20-14)15-5-3-4-13(19)9-15/h3-5,9-12,16H,6-8H2,1-2H3/t11-,12-,16-/m0/s1. The van der Waals surface area contributed by atoms with Crippen LogP contribution < -0.4 is 0 Å². The van der Waals surface area contributed by atoms with Crippen molar-refractivity contribution in [2.75, 3.05) is 0 Å². The fraction of sp³-hybridized carbons (Fsp3) is 0.500. The van der Waals surface area contributed by atoms with Crippen molar-refractivity contribution in [3.05, 3.63) is 41.2 Å². The molecule has 0 spiro atoms. The Morgan fingerprint density at radius 2 is 2.17 bits per heavy atom. The maximum absolute atomic E-state index is 12.6. The molecule has 2 bridgehead atoms. The summed E-state index contributed by atoms with van der Waals surface area (Å²) < 4.78 is 1.72. The van der Waals surface area contributed by atoms with Gasteiger partial charge in [-0.3, -0.25) is 4.79 Å². The summed E-state index contributed by atoms with van der Waals surface area (Å²) >= 11 is 6.02. The number of carbonyl (C=O) groups is 1. The highest BCUT2D eigenvalue weighted by atomic mass is 35.5. The van der Waals surface area contributed by atoms with E-state index in [-0.39, 0.29) is 17.3 Å². The zero-order chi connectivity index (χ0) is 16.2. The van der Waals surface area contributed by atoms with Gasteiger partial charge in [-0.1, -0.05) is 36.7 Å². The summed E-state index contributed by atoms with van der Waals surface area (Å²) in [5.74, 6) is 1.46. The molecule has 23 heavy (non-hydrogen) atoms. The zero-order valence-electron chi connectivity index (χ0n) is 13.4. The molecule has 0 amide bonds. The number of rotatable bonds is 3. The predicted octanol–water partition coefficient (Wildman–Crippen LogP) is 3.71. The number of hydrogen-bond acceptors (Lipinski definition) is 3. The lowest BCUT2D eigenvalue weighted by Crippen LogP contribution is -2.56. The van der Waals surface area contributed by atoms with Crippen LogP contribution in [0, 0.1) is 23.2 Å². The molecule has 0 saturated heterocycles. The van der Waals surface area contributed by atoms with Gasteiger partial charge in [0.1, 0.15) is 5.78 Å². The van der Waals surface area contributed by atoms with E-state index in [4.69, 9.17) is 11.6 Å². The Morgan fingerprint density at radius 3 is 2.87 bits per heavy atom. The van der Waals surface area contributed by atoms with Crippen molar-refractivity contribution in [2.24, 2.45) is 23.2 Å². The van der Waals surface area contributed by atoms with E-state index in [0.717, 1.165) is 24.2 Å². The number of benzene rings is 1. The molecule has 3 aliphatic rings. The van der Waals surface area contributed by atoms with E-state index in [1.54, 1.807) is 4.68 Å². The third-order valence-corrected chi connectivity index (χ3v) is 6.09. The van der Waals surface area contributed by atoms with E-state index >= 15 is 0 Å². The zero-order valence-corrected chi connectivity index (χ0v) is 14.1. The van der Waals surface area contributed by atoms with Gasteiger partial charge < -0.3 is 0 Å². The number of ketones is 1. The molecule has 5 rings (SSSR count). The van der Waals surface area contributed by atoms with E-state index < -0.39 is 0 Å². The van der Waals surface area contributed by atoms with Gasteiger partial charge in [-0.25, -0.2) is 4.68 Å². The summed E-state index contributed by atoms with van der Waals surface area (Å²) in [6.07, 6.45) is 4.68. The van der Waals surface area contributed by atoms with Gasteiger partial charge in [0, 0.05) is 23.3 Å². The van der Waals surface area contributed by atoms with E-state index in [0.29, 0.717) is 23.1 Å². The highest BCUT2D eigenvalue weighted by molar-refractivity contribution is 6.30. The maximum Gasteiger partial charge on any atom is 0.139 e. The Hall–Kier alpha value is -1.68. The van der Waals surface area contributed by atoms with E-state index in [1.165, 1.54) is 0 Å². The van der Waals surface area contributed by atoms with Gasteiger partial charge in [0.15, 0.2) is 0 Å². The van der Waals surface area contributed by atoms with Gasteiger partial charge in [-0.2, -0.15) is 0 Å². The van der Waals surface area contributed by atoms with Crippen molar-refractivity contribution in [1.29, 1.82) is 0 Å². The summed E-state index contributed by atoms with van der Waals surface area (Å²) in [5, 5.41) is 9.09. The fourth-order valence-corrected chi connectivity index (χ4v) is 4.40. The van der Waals surface area contributed by atoms with Crippen molar-refractivity contribution in [1.82, 2.24) is 15.0 Å². The number of fused-ring (bicyclic) bond motifs is 2. The third kappa shape index (κ3) is 2.40. The number of carbonyl (C=O) groups excluding carboxylic acids is 1. The molecule has 5 heteroatoms. The molecule has 1 aromatic carbocycles. The number of nitrogens with zero attached hydrogens (tertiary/aromatic N) is 3. The molecule has 120 valence electrons. The summed E-state index contributed by atoms with van der Waals surface area (Å²) in [5.41, 5.74) is 1.96. The smallest absolute Gasteiger partial charge is 0.139 e. The van der Waals surface area contributed by atoms with Crippen molar-refractivity contribution in [3.63, 3.8) is 0 Å². The lowest BCUT2D eigenvalue weighted by atomic mass is 9.46. The predicted molar refractivity (Wildman–Crippen MR) is 88.6 cm³/mol. The van der Waals surface area contributed by atoms with Crippen LogP contribution in [0.25, 0.3) is 5.69 Å². The minimum absolute atomic E-state index is 0.108. The summed E-state index contributed by atoms with van der Waals surface area (Å²) in [7, 11) is 0. The fourth-order valence-electron chi connectivity index (χ4n) is 4.22. The first kappa shape index (κ1) is 14.9. The van der Waals surface area contributed by atoms with Crippen LogP contribution in [0.4, 0.5) is 0 Å². The highest BCUT2D eigenvalue weighted by Crippen LogP contribution is 2.59. The molecule has 2 aromatic rings. The first-order valence-electron chi connectivity index (χ1n) is 8.16. The molecule has 0 radical (unpaired) electrons. The summed E-state index contributed by atoms with van der Waals surface area (Å²) in [6, 6.07) is 7.51. The van der Waals surface area contributed by atoms with Crippen molar-refractivity contribution in [2.45, 2.75) is 33.1 Å². The molecule has 3 saturated carbocycles. The van der Waals surface area contributed by atoms with Crippen LogP contribution in [0.15, 0.2) is 30.5 Å². The molecule has 1 aromatic heterocycles. The Balaban J connectivity index is 1.50. The topological polar surface area (TPSA) is 47.8 Å². The van der Waals surface area contributed by atoms with Gasteiger partial charge in [-0.05, 0) is 42.4 Å². The van der Waals surface area contributed by atoms with Crippen LogP contribution in [-0.2, 0) is 11.2 Å². The second-order valence-corrected chi connectivity index (χ2v) is 7.92. The molecule has 3 atom stereocenters. The molecule has 0 aliphatic heterocycles. The van der Waals surface area contributed by atoms with E-state index in [9.17, 15) is 4.79 Å². The Bertz CT molecular complexity index is 767. The van der Waals surface area contributed by atoms with Crippen molar-refractivity contribution in [3.8, 4) is 5.69 Å². The van der Waals surface area contributed by atoms with E-state index in [2.05, 4.69) is 24.2 Å². The normalized spacial score (nSPS) is 28.5. The molecular weight excluding hydrogens is 310 g/mol. The maximum atomic E-state index is 12.6. The van der Waals surface area contributed by atoms with Crippen LogP contribution in [0.3, 0.4) is 0 Å². The van der Waals surface area contributed by atoms with Crippen LogP contribution in [-0.4, -0.2) is 20.8 Å². The first-order chi connectivity index (χ1) is 10.9. The van der Waals surface area contributed by atoms with Crippen LogP contribution >= 0.6 is 11.6 Å². The molecule has 3 aliphatic carbocycles. The summed E-state index contributed by atoms with van der Waals surface area (Å²) in [6.45, 7) is 4.46. The van der Waals surface area contributed by atoms with E-state index in [1.807, 2.05) is 30.5 Å². The third-order valence-electron chi connectivity index (χ3n) is 5.85. The number of hydrogen-bond donors (Lipinski definition) is 0. The van der Waals surface area contributed by atoms with Crippen LogP contribution in [0.1, 0.15) is 32.4 Å². The number of aromatic nitrogens is 3. The SMILES string of the molecule is CC1(C)[C@H]2C[C@@H](Cc3cn(-c4cccc(Cl)c4)nn3)C(=O)[C@@H]1C2. The molecule has 0 unspecified atom stereocenters. The molecule has 3 fully saturated rings. The van der Waals surface area contributed by atoms with Gasteiger partial charge in [0.2, 0.25) is 0 Å².